The number of aromatic nitrogens is 1. The molecule has 0 amide bonds. The maximum atomic E-state index is 15.8. The van der Waals surface area contributed by atoms with Gasteiger partial charge in [-0.3, -0.25) is 4.90 Å². The number of morpholine rings is 1. The molecule has 0 saturated carbocycles. The van der Waals surface area contributed by atoms with E-state index in [1.54, 1.807) is 13.0 Å². The van der Waals surface area contributed by atoms with Crippen LogP contribution in [0.1, 0.15) is 26.3 Å². The summed E-state index contributed by atoms with van der Waals surface area (Å²) in [7, 11) is 1.46. The fourth-order valence-corrected chi connectivity index (χ4v) is 4.92. The van der Waals surface area contributed by atoms with Gasteiger partial charge in [0.2, 0.25) is 0 Å². The largest absolute Gasteiger partial charge is 0.506 e. The van der Waals surface area contributed by atoms with Gasteiger partial charge in [-0.25, -0.2) is 9.37 Å². The molecule has 0 bridgehead atoms. The smallest absolute Gasteiger partial charge is 0.169 e. The Hall–Kier alpha value is -3.14. The average molecular weight is 517 g/mol. The van der Waals surface area contributed by atoms with Crippen molar-refractivity contribution in [3.63, 3.8) is 0 Å². The van der Waals surface area contributed by atoms with Gasteiger partial charge in [0.05, 0.1) is 30.0 Å². The summed E-state index contributed by atoms with van der Waals surface area (Å²) in [5.41, 5.74) is 7.30. The van der Waals surface area contributed by atoms with Crippen LogP contribution in [-0.4, -0.2) is 66.3 Å². The van der Waals surface area contributed by atoms with Crippen LogP contribution in [0.4, 0.5) is 10.2 Å². The Morgan fingerprint density at radius 2 is 1.97 bits per heavy atom. The highest BCUT2D eigenvalue weighted by molar-refractivity contribution is 6.32. The third-order valence-electron chi connectivity index (χ3n) is 6.13. The number of nitrogen functional groups attached to an aromatic ring is 1. The fourth-order valence-electron chi connectivity index (χ4n) is 4.74. The van der Waals surface area contributed by atoms with Crippen molar-refractivity contribution in [2.24, 2.45) is 0 Å². The van der Waals surface area contributed by atoms with E-state index in [1.807, 2.05) is 13.8 Å². The fraction of sp³-hybridized carbons (Fsp3) is 0.385. The molecule has 10 heteroatoms. The lowest BCUT2D eigenvalue weighted by Crippen LogP contribution is -2.46. The molecule has 3 aromatic rings. The number of anilines is 1. The molecular weight excluding hydrogens is 487 g/mol. The number of nitrogens with two attached hydrogens (primary N) is 1. The quantitative estimate of drug-likeness (QED) is 0.384. The Balaban J connectivity index is 1.80. The van der Waals surface area contributed by atoms with E-state index in [9.17, 15) is 5.11 Å². The summed E-state index contributed by atoms with van der Waals surface area (Å²) in [4.78, 5) is 6.65. The number of fused-ring (bicyclic) bond motifs is 1. The number of benzene rings is 2. The molecule has 4 rings (SSSR count). The number of hydrogen-bond donors (Lipinski definition) is 3. The molecule has 1 saturated heterocycles. The molecule has 8 nitrogen and oxygen atoms in total. The van der Waals surface area contributed by atoms with Crippen molar-refractivity contribution >= 4 is 33.9 Å². The van der Waals surface area contributed by atoms with Crippen LogP contribution in [0.25, 0.3) is 22.0 Å². The maximum Gasteiger partial charge on any atom is 0.169 e. The van der Waals surface area contributed by atoms with Gasteiger partial charge in [-0.1, -0.05) is 11.6 Å². The molecule has 2 aromatic carbocycles. The lowest BCUT2D eigenvalue weighted by atomic mass is 9.96. The highest BCUT2D eigenvalue weighted by Gasteiger charge is 2.26. The van der Waals surface area contributed by atoms with Gasteiger partial charge in [0.15, 0.2) is 11.5 Å². The Kier molecular flexibility index (Phi) is 7.54. The number of nitrogens with one attached hydrogen (secondary N) is 1. The number of phenols is 1. The molecule has 0 aliphatic carbocycles. The van der Waals surface area contributed by atoms with Crippen molar-refractivity contribution in [1.82, 2.24) is 9.88 Å². The monoisotopic (exact) mass is 516 g/mol. The number of ether oxygens (including phenoxy) is 3. The van der Waals surface area contributed by atoms with E-state index in [1.165, 1.54) is 25.3 Å². The number of phenolic OH excluding ortho intramolecular Hbond substituents is 1. The molecule has 1 aromatic heterocycles. The topological polar surface area (TPSA) is 114 Å². The van der Waals surface area contributed by atoms with Gasteiger partial charge in [0.25, 0.3) is 0 Å². The Bertz CT molecular complexity index is 1310. The molecule has 1 aliphatic heterocycles. The molecule has 0 radical (unpaired) electrons. The molecule has 2 unspecified atom stereocenters. The zero-order valence-electron chi connectivity index (χ0n) is 20.7. The van der Waals surface area contributed by atoms with Crippen molar-refractivity contribution in [2.45, 2.75) is 33.0 Å². The van der Waals surface area contributed by atoms with Gasteiger partial charge < -0.3 is 30.5 Å². The second-order valence-electron chi connectivity index (χ2n) is 9.02. The third-order valence-corrected chi connectivity index (χ3v) is 6.44. The minimum Gasteiger partial charge on any atom is -0.506 e. The van der Waals surface area contributed by atoms with Gasteiger partial charge in [0, 0.05) is 53.3 Å². The number of aromatic hydroxyl groups is 1. The van der Waals surface area contributed by atoms with Gasteiger partial charge in [-0.05, 0) is 39.0 Å². The van der Waals surface area contributed by atoms with Gasteiger partial charge in [-0.2, -0.15) is 0 Å². The van der Waals surface area contributed by atoms with E-state index in [-0.39, 0.29) is 62.7 Å². The van der Waals surface area contributed by atoms with Crippen LogP contribution in [0.2, 0.25) is 5.02 Å². The Morgan fingerprint density at radius 3 is 2.58 bits per heavy atom. The zero-order chi connectivity index (χ0) is 26.1. The van der Waals surface area contributed by atoms with Crippen LogP contribution in [0, 0.1) is 11.2 Å². The highest BCUT2D eigenvalue weighted by Crippen LogP contribution is 2.45. The Labute approximate surface area is 214 Å². The number of nitrogens with zero attached hydrogens (tertiary/aromatic N) is 2. The van der Waals surface area contributed by atoms with E-state index < -0.39 is 5.82 Å². The molecular formula is C26H30ClFN4O4. The average Bonchev–Trinajstić information content (AvgIpc) is 2.79. The van der Waals surface area contributed by atoms with Crippen molar-refractivity contribution in [3.8, 4) is 28.5 Å². The van der Waals surface area contributed by atoms with E-state index >= 15 is 4.39 Å². The second-order valence-corrected chi connectivity index (χ2v) is 9.42. The molecule has 36 heavy (non-hydrogen) atoms. The first-order valence-electron chi connectivity index (χ1n) is 11.6. The summed E-state index contributed by atoms with van der Waals surface area (Å²) in [5, 5.41) is 18.6. The van der Waals surface area contributed by atoms with Crippen LogP contribution in [0.5, 0.6) is 17.2 Å². The lowest BCUT2D eigenvalue weighted by molar-refractivity contribution is -0.0699. The van der Waals surface area contributed by atoms with E-state index in [2.05, 4.69) is 9.88 Å². The summed E-state index contributed by atoms with van der Waals surface area (Å²) >= 11 is 6.11. The predicted molar refractivity (Wildman–Crippen MR) is 139 cm³/mol. The van der Waals surface area contributed by atoms with Gasteiger partial charge in [-0.15, -0.1) is 0 Å². The normalized spacial score (nSPS) is 18.4. The van der Waals surface area contributed by atoms with Gasteiger partial charge >= 0.3 is 0 Å². The molecule has 2 heterocycles. The van der Waals surface area contributed by atoms with Gasteiger partial charge in [0.1, 0.15) is 24.0 Å². The van der Waals surface area contributed by atoms with E-state index in [4.69, 9.17) is 37.0 Å². The van der Waals surface area contributed by atoms with E-state index in [0.717, 1.165) is 13.1 Å². The Morgan fingerprint density at radius 1 is 1.28 bits per heavy atom. The van der Waals surface area contributed by atoms with Crippen molar-refractivity contribution in [2.75, 3.05) is 39.1 Å². The van der Waals surface area contributed by atoms with Crippen LogP contribution in [0.15, 0.2) is 24.3 Å². The summed E-state index contributed by atoms with van der Waals surface area (Å²) < 4.78 is 33.2. The third kappa shape index (κ3) is 5.04. The number of methoxy groups -OCH3 is 1. The minimum absolute atomic E-state index is 0.0420. The van der Waals surface area contributed by atoms with Crippen LogP contribution in [-0.2, 0) is 4.74 Å². The predicted octanol–water partition coefficient (Wildman–Crippen LogP) is 4.87. The molecule has 1 aliphatic rings. The summed E-state index contributed by atoms with van der Waals surface area (Å²) in [6, 6.07) is 5.71. The highest BCUT2D eigenvalue weighted by atomic mass is 35.5. The maximum absolute atomic E-state index is 15.8. The summed E-state index contributed by atoms with van der Waals surface area (Å²) in [6.45, 7) is 8.13. The molecule has 0 spiro atoms. The number of rotatable bonds is 7. The number of pyridine rings is 1. The summed E-state index contributed by atoms with van der Waals surface area (Å²) in [6.07, 6.45) is 0.253. The SMILES string of the molecule is COc1c(OCCN2CC(C)OC(C)C2)cc(F)c2c(-c3ccc(O)c(Cl)c3)nc(N)c(C(C)=N)c12. The first kappa shape index (κ1) is 25.9. The minimum atomic E-state index is -0.608. The van der Waals surface area contributed by atoms with Crippen LogP contribution >= 0.6 is 11.6 Å². The lowest BCUT2D eigenvalue weighted by Gasteiger charge is -2.35. The molecule has 192 valence electrons. The molecule has 4 N–H and O–H groups in total. The number of hydrogen-bond acceptors (Lipinski definition) is 8. The molecule has 2 atom stereocenters. The van der Waals surface area contributed by atoms with Crippen LogP contribution < -0.4 is 15.2 Å². The standard InChI is InChI=1S/C26H30ClFN4O4/c1-13-11-32(12-14(2)36-13)7-8-35-20-10-18(28)22-23(25(20)34-4)21(15(3)29)26(30)31-24(22)16-5-6-19(33)17(27)9-16/h5-6,9-10,13-14,29,33H,7-8,11-12H2,1-4H3,(H2,30,31). The first-order chi connectivity index (χ1) is 17.1. The number of halogens is 2. The van der Waals surface area contributed by atoms with Crippen molar-refractivity contribution in [3.05, 3.63) is 40.7 Å². The molecule has 1 fully saturated rings. The second kappa shape index (κ2) is 10.5. The van der Waals surface area contributed by atoms with E-state index in [0.29, 0.717) is 24.1 Å². The van der Waals surface area contributed by atoms with Crippen molar-refractivity contribution < 1.29 is 23.7 Å². The van der Waals surface area contributed by atoms with Crippen LogP contribution in [0.3, 0.4) is 0 Å². The van der Waals surface area contributed by atoms with Crippen molar-refractivity contribution in [1.29, 1.82) is 5.41 Å². The zero-order valence-corrected chi connectivity index (χ0v) is 21.4. The first-order valence-corrected chi connectivity index (χ1v) is 12.0. The summed E-state index contributed by atoms with van der Waals surface area (Å²) in [5.74, 6) is -0.206.